The molecule has 0 aliphatic rings. The molecule has 2 aromatic heterocycles. The predicted octanol–water partition coefficient (Wildman–Crippen LogP) is 2.98. The monoisotopic (exact) mass is 405 g/mol. The van der Waals surface area contributed by atoms with E-state index in [4.69, 9.17) is 9.47 Å². The molecule has 0 saturated carbocycles. The molecule has 4 aromatic rings. The maximum atomic E-state index is 13.2. The van der Waals surface area contributed by atoms with E-state index in [0.29, 0.717) is 28.0 Å². The van der Waals surface area contributed by atoms with Gasteiger partial charge in [0.1, 0.15) is 17.0 Å². The van der Waals surface area contributed by atoms with Crippen molar-refractivity contribution in [2.24, 2.45) is 14.1 Å². The number of aromatic nitrogens is 2. The highest BCUT2D eigenvalue weighted by atomic mass is 16.5. The van der Waals surface area contributed by atoms with E-state index in [-0.39, 0.29) is 18.0 Å². The van der Waals surface area contributed by atoms with E-state index >= 15 is 0 Å². The van der Waals surface area contributed by atoms with Gasteiger partial charge in [0, 0.05) is 48.7 Å². The third kappa shape index (κ3) is 3.08. The maximum Gasteiger partial charge on any atom is 0.274 e. The van der Waals surface area contributed by atoms with Crippen LogP contribution in [0.3, 0.4) is 0 Å². The molecule has 0 bridgehead atoms. The van der Waals surface area contributed by atoms with Gasteiger partial charge in [-0.3, -0.25) is 9.59 Å². The van der Waals surface area contributed by atoms with Crippen LogP contribution in [0.5, 0.6) is 11.5 Å². The highest BCUT2D eigenvalue weighted by Gasteiger charge is 2.20. The summed E-state index contributed by atoms with van der Waals surface area (Å²) in [6, 6.07) is 13.1. The van der Waals surface area contributed by atoms with Crippen molar-refractivity contribution in [3.8, 4) is 11.5 Å². The molecule has 1 amide bonds. The third-order valence-corrected chi connectivity index (χ3v) is 5.39. The van der Waals surface area contributed by atoms with Gasteiger partial charge in [-0.15, -0.1) is 0 Å². The molecule has 0 radical (unpaired) electrons. The number of nitrogens with zero attached hydrogens (tertiary/aromatic N) is 2. The molecule has 4 rings (SSSR count). The SMILES string of the molecule is COc1ccc(OC)c(CNC(=O)c2cn(C)c(=O)c3c2c2ccccc2n3C)c1. The van der Waals surface area contributed by atoms with Crippen LogP contribution in [0.4, 0.5) is 0 Å². The predicted molar refractivity (Wildman–Crippen MR) is 116 cm³/mol. The second-order valence-corrected chi connectivity index (χ2v) is 7.12. The van der Waals surface area contributed by atoms with Crippen LogP contribution in [0, 0.1) is 0 Å². The number of ether oxygens (including phenoxy) is 2. The Labute approximate surface area is 173 Å². The summed E-state index contributed by atoms with van der Waals surface area (Å²) in [5.41, 5.74) is 2.51. The summed E-state index contributed by atoms with van der Waals surface area (Å²) in [4.78, 5) is 26.0. The summed E-state index contributed by atoms with van der Waals surface area (Å²) < 4.78 is 14.0. The van der Waals surface area contributed by atoms with Gasteiger partial charge in [0.15, 0.2) is 0 Å². The van der Waals surface area contributed by atoms with Crippen LogP contribution in [-0.2, 0) is 20.6 Å². The number of methoxy groups -OCH3 is 2. The summed E-state index contributed by atoms with van der Waals surface area (Å²) in [6.07, 6.45) is 1.59. The molecule has 1 N–H and O–H groups in total. The fourth-order valence-corrected chi connectivity index (χ4v) is 3.86. The highest BCUT2D eigenvalue weighted by molar-refractivity contribution is 6.17. The van der Waals surface area contributed by atoms with Crippen molar-refractivity contribution in [1.82, 2.24) is 14.5 Å². The first kappa shape index (κ1) is 19.6. The lowest BCUT2D eigenvalue weighted by atomic mass is 10.1. The average molecular weight is 405 g/mol. The molecule has 7 heteroatoms. The summed E-state index contributed by atoms with van der Waals surface area (Å²) in [5, 5.41) is 4.49. The molecule has 0 unspecified atom stereocenters. The van der Waals surface area contributed by atoms with E-state index in [1.54, 1.807) is 39.6 Å². The molecule has 30 heavy (non-hydrogen) atoms. The number of carbonyl (C=O) groups is 1. The number of fused-ring (bicyclic) bond motifs is 3. The molecule has 0 aliphatic carbocycles. The fourth-order valence-electron chi connectivity index (χ4n) is 3.86. The van der Waals surface area contributed by atoms with Crippen molar-refractivity contribution in [3.05, 3.63) is 70.1 Å². The number of pyridine rings is 1. The van der Waals surface area contributed by atoms with Crippen LogP contribution in [0.2, 0.25) is 0 Å². The van der Waals surface area contributed by atoms with E-state index in [0.717, 1.165) is 16.5 Å². The Kier molecular flexibility index (Phi) is 4.95. The topological polar surface area (TPSA) is 74.5 Å². The molecule has 0 aliphatic heterocycles. The van der Waals surface area contributed by atoms with Crippen LogP contribution >= 0.6 is 0 Å². The van der Waals surface area contributed by atoms with Crippen LogP contribution in [0.15, 0.2) is 53.5 Å². The van der Waals surface area contributed by atoms with Crippen LogP contribution < -0.4 is 20.3 Å². The van der Waals surface area contributed by atoms with Gasteiger partial charge in [0.2, 0.25) is 0 Å². The van der Waals surface area contributed by atoms with Gasteiger partial charge in [-0.05, 0) is 24.3 Å². The van der Waals surface area contributed by atoms with Crippen molar-refractivity contribution in [1.29, 1.82) is 0 Å². The quantitative estimate of drug-likeness (QED) is 0.554. The Bertz CT molecular complexity index is 1330. The molecule has 0 saturated heterocycles. The summed E-state index contributed by atoms with van der Waals surface area (Å²) >= 11 is 0. The number of hydrogen-bond donors (Lipinski definition) is 1. The zero-order valence-electron chi connectivity index (χ0n) is 17.4. The van der Waals surface area contributed by atoms with E-state index in [2.05, 4.69) is 5.32 Å². The number of hydrogen-bond acceptors (Lipinski definition) is 4. The second-order valence-electron chi connectivity index (χ2n) is 7.12. The molecule has 7 nitrogen and oxygen atoms in total. The normalized spacial score (nSPS) is 11.1. The lowest BCUT2D eigenvalue weighted by Crippen LogP contribution is -2.27. The van der Waals surface area contributed by atoms with Gasteiger partial charge in [-0.1, -0.05) is 18.2 Å². The Morgan fingerprint density at radius 1 is 1.07 bits per heavy atom. The van der Waals surface area contributed by atoms with Gasteiger partial charge < -0.3 is 23.9 Å². The van der Waals surface area contributed by atoms with Crippen molar-refractivity contribution in [3.63, 3.8) is 0 Å². The second kappa shape index (κ2) is 7.59. The standard InChI is InChI=1S/C23H23N3O4/c1-25-13-17(20-16-7-5-6-8-18(16)26(2)21(20)23(25)28)22(27)24-12-14-11-15(29-3)9-10-19(14)30-4/h5-11,13H,12H2,1-4H3,(H,24,27). The van der Waals surface area contributed by atoms with Crippen molar-refractivity contribution >= 4 is 27.7 Å². The minimum absolute atomic E-state index is 0.144. The number of carbonyl (C=O) groups excluding carboxylic acids is 1. The first-order valence-electron chi connectivity index (χ1n) is 9.52. The fraction of sp³-hybridized carbons (Fsp3) is 0.217. The number of aryl methyl sites for hydroxylation is 2. The summed E-state index contributed by atoms with van der Waals surface area (Å²) in [7, 11) is 6.67. The van der Waals surface area contributed by atoms with Gasteiger partial charge >= 0.3 is 0 Å². The molecule has 0 fully saturated rings. The van der Waals surface area contributed by atoms with Crippen molar-refractivity contribution < 1.29 is 14.3 Å². The van der Waals surface area contributed by atoms with E-state index in [1.807, 2.05) is 41.9 Å². The highest BCUT2D eigenvalue weighted by Crippen LogP contribution is 2.29. The van der Waals surface area contributed by atoms with Crippen LogP contribution in [-0.4, -0.2) is 29.3 Å². The molecular formula is C23H23N3O4. The Balaban J connectivity index is 1.79. The smallest absolute Gasteiger partial charge is 0.274 e. The Hall–Kier alpha value is -3.74. The Morgan fingerprint density at radius 2 is 1.83 bits per heavy atom. The molecule has 0 spiro atoms. The number of benzene rings is 2. The molecule has 154 valence electrons. The third-order valence-electron chi connectivity index (χ3n) is 5.39. The average Bonchev–Trinajstić information content (AvgIpc) is 3.07. The molecule has 2 heterocycles. The first-order valence-corrected chi connectivity index (χ1v) is 9.52. The lowest BCUT2D eigenvalue weighted by molar-refractivity contribution is 0.0951. The minimum Gasteiger partial charge on any atom is -0.497 e. The van der Waals surface area contributed by atoms with Crippen molar-refractivity contribution in [2.75, 3.05) is 14.2 Å². The zero-order chi connectivity index (χ0) is 21.4. The molecular weight excluding hydrogens is 382 g/mol. The van der Waals surface area contributed by atoms with E-state index < -0.39 is 0 Å². The van der Waals surface area contributed by atoms with Crippen molar-refractivity contribution in [2.45, 2.75) is 6.54 Å². The van der Waals surface area contributed by atoms with Gasteiger partial charge in [-0.2, -0.15) is 0 Å². The molecule has 2 aromatic carbocycles. The van der Waals surface area contributed by atoms with Gasteiger partial charge in [0.05, 0.1) is 19.8 Å². The largest absolute Gasteiger partial charge is 0.497 e. The van der Waals surface area contributed by atoms with E-state index in [1.165, 1.54) is 4.57 Å². The number of rotatable bonds is 5. The zero-order valence-corrected chi connectivity index (χ0v) is 17.4. The lowest BCUT2D eigenvalue weighted by Gasteiger charge is -2.12. The maximum absolute atomic E-state index is 13.2. The number of nitrogens with one attached hydrogen (secondary N) is 1. The number of para-hydroxylation sites is 1. The Morgan fingerprint density at radius 3 is 2.57 bits per heavy atom. The van der Waals surface area contributed by atoms with Crippen LogP contribution in [0.1, 0.15) is 15.9 Å². The summed E-state index contributed by atoms with van der Waals surface area (Å²) in [5.74, 6) is 1.07. The van der Waals surface area contributed by atoms with Gasteiger partial charge in [-0.25, -0.2) is 0 Å². The van der Waals surface area contributed by atoms with Gasteiger partial charge in [0.25, 0.3) is 11.5 Å². The number of amides is 1. The van der Waals surface area contributed by atoms with E-state index in [9.17, 15) is 9.59 Å². The molecule has 0 atom stereocenters. The first-order chi connectivity index (χ1) is 14.5. The minimum atomic E-state index is -0.267. The van der Waals surface area contributed by atoms with Crippen LogP contribution in [0.25, 0.3) is 21.8 Å². The summed E-state index contributed by atoms with van der Waals surface area (Å²) in [6.45, 7) is 0.258.